The zero-order valence-electron chi connectivity index (χ0n) is 22.1. The van der Waals surface area contributed by atoms with E-state index in [-0.39, 0.29) is 48.8 Å². The molecule has 12 heteroatoms. The molecule has 210 valence electrons. The summed E-state index contributed by atoms with van der Waals surface area (Å²) in [5.41, 5.74) is 1.00. The standard InChI is InChI=1S/C26H34Cl3N3O5S/c1-6-23(26(34)30-17(2)3)31(16-18-9-10-19(27)14-21(18)28)25(33)8-7-13-32(38(5,35)36)20-11-12-24(37-4)22(29)15-20/h9-12,14-15,17,23H,6-8,13,16H2,1-5H3,(H,30,34)/t23-/m0/s1. The van der Waals surface area contributed by atoms with Gasteiger partial charge in [-0.2, -0.15) is 0 Å². The zero-order valence-corrected chi connectivity index (χ0v) is 25.2. The minimum absolute atomic E-state index is 0.00652. The molecule has 0 heterocycles. The number of nitrogens with zero attached hydrogens (tertiary/aromatic N) is 2. The summed E-state index contributed by atoms with van der Waals surface area (Å²) in [6.07, 6.45) is 1.69. The van der Waals surface area contributed by atoms with Gasteiger partial charge in [-0.05, 0) is 62.6 Å². The third kappa shape index (κ3) is 8.93. The Labute approximate surface area is 240 Å². The van der Waals surface area contributed by atoms with Gasteiger partial charge >= 0.3 is 0 Å². The SMILES string of the molecule is CC[C@@H](C(=O)NC(C)C)N(Cc1ccc(Cl)cc1Cl)C(=O)CCCN(c1ccc(OC)c(Cl)c1)S(C)(=O)=O. The topological polar surface area (TPSA) is 96.0 Å². The Morgan fingerprint density at radius 1 is 1.05 bits per heavy atom. The molecule has 8 nitrogen and oxygen atoms in total. The molecule has 0 aromatic heterocycles. The maximum Gasteiger partial charge on any atom is 0.243 e. The molecule has 0 bridgehead atoms. The average molecular weight is 607 g/mol. The molecule has 0 aliphatic rings. The van der Waals surface area contributed by atoms with Gasteiger partial charge in [0.25, 0.3) is 0 Å². The molecule has 0 fully saturated rings. The predicted octanol–water partition coefficient (Wildman–Crippen LogP) is 5.53. The summed E-state index contributed by atoms with van der Waals surface area (Å²) in [6, 6.07) is 8.81. The van der Waals surface area contributed by atoms with E-state index < -0.39 is 16.1 Å². The fourth-order valence-electron chi connectivity index (χ4n) is 3.95. The van der Waals surface area contributed by atoms with Crippen LogP contribution < -0.4 is 14.4 Å². The highest BCUT2D eigenvalue weighted by Crippen LogP contribution is 2.30. The highest BCUT2D eigenvalue weighted by molar-refractivity contribution is 7.92. The summed E-state index contributed by atoms with van der Waals surface area (Å²) in [6.45, 7) is 5.66. The van der Waals surface area contributed by atoms with Crippen LogP contribution in [0.3, 0.4) is 0 Å². The molecule has 1 atom stereocenters. The number of ether oxygens (including phenoxy) is 1. The van der Waals surface area contributed by atoms with Gasteiger partial charge in [0.2, 0.25) is 21.8 Å². The van der Waals surface area contributed by atoms with Gasteiger partial charge in [-0.1, -0.05) is 47.8 Å². The maximum atomic E-state index is 13.5. The molecule has 0 aliphatic carbocycles. The van der Waals surface area contributed by atoms with Crippen molar-refractivity contribution in [3.8, 4) is 5.75 Å². The smallest absolute Gasteiger partial charge is 0.243 e. The fraction of sp³-hybridized carbons (Fsp3) is 0.462. The van der Waals surface area contributed by atoms with Gasteiger partial charge in [-0.15, -0.1) is 0 Å². The molecule has 38 heavy (non-hydrogen) atoms. The molecular formula is C26H34Cl3N3O5S. The molecule has 0 unspecified atom stereocenters. The molecular weight excluding hydrogens is 573 g/mol. The number of methoxy groups -OCH3 is 1. The van der Waals surface area contributed by atoms with E-state index in [2.05, 4.69) is 5.32 Å². The number of halogens is 3. The molecule has 0 aliphatic heterocycles. The maximum absolute atomic E-state index is 13.5. The largest absolute Gasteiger partial charge is 0.495 e. The van der Waals surface area contributed by atoms with Crippen LogP contribution in [0.1, 0.15) is 45.6 Å². The lowest BCUT2D eigenvalue weighted by Crippen LogP contribution is -2.50. The number of sulfonamides is 1. The van der Waals surface area contributed by atoms with Crippen LogP contribution in [0, 0.1) is 0 Å². The number of hydrogen-bond acceptors (Lipinski definition) is 5. The first kappa shape index (κ1) is 32.0. The third-order valence-corrected chi connectivity index (χ3v) is 7.82. The summed E-state index contributed by atoms with van der Waals surface area (Å²) < 4.78 is 31.4. The first-order valence-electron chi connectivity index (χ1n) is 12.1. The highest BCUT2D eigenvalue weighted by Gasteiger charge is 2.29. The number of rotatable bonds is 13. The lowest BCUT2D eigenvalue weighted by atomic mass is 10.1. The first-order chi connectivity index (χ1) is 17.8. The van der Waals surface area contributed by atoms with E-state index in [0.717, 1.165) is 6.26 Å². The minimum atomic E-state index is -3.66. The molecule has 0 saturated carbocycles. The van der Waals surface area contributed by atoms with Crippen molar-refractivity contribution in [2.45, 2.75) is 58.7 Å². The summed E-state index contributed by atoms with van der Waals surface area (Å²) >= 11 is 18.6. The highest BCUT2D eigenvalue weighted by atomic mass is 35.5. The normalized spacial score (nSPS) is 12.2. The number of carbonyl (C=O) groups is 2. The first-order valence-corrected chi connectivity index (χ1v) is 15.1. The fourth-order valence-corrected chi connectivity index (χ4v) is 5.63. The van der Waals surface area contributed by atoms with Crippen molar-refractivity contribution in [2.24, 2.45) is 0 Å². The molecule has 0 radical (unpaired) electrons. The molecule has 2 amide bonds. The van der Waals surface area contributed by atoms with Crippen molar-refractivity contribution in [2.75, 3.05) is 24.2 Å². The van der Waals surface area contributed by atoms with E-state index in [1.54, 1.807) is 30.3 Å². The number of carbonyl (C=O) groups excluding carboxylic acids is 2. The van der Waals surface area contributed by atoms with Crippen LogP contribution in [0.2, 0.25) is 15.1 Å². The lowest BCUT2D eigenvalue weighted by molar-refractivity contribution is -0.141. The van der Waals surface area contributed by atoms with Crippen molar-refractivity contribution in [3.63, 3.8) is 0 Å². The van der Waals surface area contributed by atoms with E-state index in [1.807, 2.05) is 20.8 Å². The zero-order chi connectivity index (χ0) is 28.6. The minimum Gasteiger partial charge on any atom is -0.495 e. The summed E-state index contributed by atoms with van der Waals surface area (Å²) in [5.74, 6) is -0.157. The molecule has 0 saturated heterocycles. The lowest BCUT2D eigenvalue weighted by Gasteiger charge is -2.32. The predicted molar refractivity (Wildman–Crippen MR) is 154 cm³/mol. The summed E-state index contributed by atoms with van der Waals surface area (Å²) in [5, 5.41) is 3.98. The Kier molecular flexibility index (Phi) is 12.0. The number of nitrogens with one attached hydrogen (secondary N) is 1. The summed E-state index contributed by atoms with van der Waals surface area (Å²) in [7, 11) is -2.20. The second-order valence-electron chi connectivity index (χ2n) is 9.10. The molecule has 1 N–H and O–H groups in total. The van der Waals surface area contributed by atoms with Crippen molar-refractivity contribution in [1.29, 1.82) is 0 Å². The summed E-state index contributed by atoms with van der Waals surface area (Å²) in [4.78, 5) is 28.0. The van der Waals surface area contributed by atoms with E-state index in [1.165, 1.54) is 22.4 Å². The molecule has 2 rings (SSSR count). The Morgan fingerprint density at radius 3 is 2.26 bits per heavy atom. The van der Waals surface area contributed by atoms with Gasteiger partial charge in [0, 0.05) is 35.6 Å². The van der Waals surface area contributed by atoms with Gasteiger partial charge in [-0.3, -0.25) is 13.9 Å². The second-order valence-corrected chi connectivity index (χ2v) is 12.3. The van der Waals surface area contributed by atoms with Crippen molar-refractivity contribution in [1.82, 2.24) is 10.2 Å². The van der Waals surface area contributed by atoms with Crippen molar-refractivity contribution in [3.05, 3.63) is 57.0 Å². The van der Waals surface area contributed by atoms with Crippen molar-refractivity contribution < 1.29 is 22.7 Å². The number of amides is 2. The van der Waals surface area contributed by atoms with Crippen LogP contribution >= 0.6 is 34.8 Å². The molecule has 2 aromatic carbocycles. The average Bonchev–Trinajstić information content (AvgIpc) is 2.81. The van der Waals surface area contributed by atoms with E-state index in [0.29, 0.717) is 33.5 Å². The molecule has 0 spiro atoms. The second kappa shape index (κ2) is 14.3. The van der Waals surface area contributed by atoms with Crippen molar-refractivity contribution >= 4 is 62.3 Å². The van der Waals surface area contributed by atoms with Gasteiger partial charge < -0.3 is 15.0 Å². The van der Waals surface area contributed by atoms with Gasteiger partial charge in [0.15, 0.2) is 0 Å². The van der Waals surface area contributed by atoms with Crippen LogP contribution in [-0.2, 0) is 26.2 Å². The number of anilines is 1. The van der Waals surface area contributed by atoms with Crippen LogP contribution in [0.15, 0.2) is 36.4 Å². The quantitative estimate of drug-likeness (QED) is 0.323. The van der Waals surface area contributed by atoms with Crippen LogP contribution in [0.4, 0.5) is 5.69 Å². The van der Waals surface area contributed by atoms with E-state index >= 15 is 0 Å². The van der Waals surface area contributed by atoms with Crippen LogP contribution in [0.5, 0.6) is 5.75 Å². The monoisotopic (exact) mass is 605 g/mol. The van der Waals surface area contributed by atoms with Gasteiger partial charge in [0.1, 0.15) is 11.8 Å². The van der Waals surface area contributed by atoms with E-state index in [9.17, 15) is 18.0 Å². The Hall–Kier alpha value is -2.20. The van der Waals surface area contributed by atoms with Gasteiger partial charge in [0.05, 0.1) is 24.1 Å². The molecule has 2 aromatic rings. The van der Waals surface area contributed by atoms with Crippen LogP contribution in [0.25, 0.3) is 0 Å². The van der Waals surface area contributed by atoms with Crippen LogP contribution in [-0.4, -0.2) is 57.1 Å². The Morgan fingerprint density at radius 2 is 1.74 bits per heavy atom. The number of hydrogen-bond donors (Lipinski definition) is 1. The van der Waals surface area contributed by atoms with E-state index in [4.69, 9.17) is 39.5 Å². The van der Waals surface area contributed by atoms with Gasteiger partial charge in [-0.25, -0.2) is 8.42 Å². The third-order valence-electron chi connectivity index (χ3n) is 5.75. The Bertz CT molecular complexity index is 1240. The Balaban J connectivity index is 2.27. The number of benzene rings is 2.